The van der Waals surface area contributed by atoms with Crippen LogP contribution >= 0.6 is 0 Å². The van der Waals surface area contributed by atoms with E-state index in [1.807, 2.05) is 0 Å². The van der Waals surface area contributed by atoms with Crippen molar-refractivity contribution in [3.8, 4) is 0 Å². The molecule has 2 rings (SSSR count). The molecular weight excluding hydrogens is 100 g/mol. The maximum Gasteiger partial charge on any atom is 0.0573 e. The van der Waals surface area contributed by atoms with Crippen molar-refractivity contribution in [3.05, 3.63) is 0 Å². The average molecular weight is 112 g/mol. The summed E-state index contributed by atoms with van der Waals surface area (Å²) in [4.78, 5) is 0. The number of hydrogen-bond acceptors (Lipinski definition) is 1. The fourth-order valence-corrected chi connectivity index (χ4v) is 2.06. The summed E-state index contributed by atoms with van der Waals surface area (Å²) in [5, 5.41) is 9.21. The third kappa shape index (κ3) is 0.455. The van der Waals surface area contributed by atoms with Crippen LogP contribution in [0.15, 0.2) is 0 Å². The van der Waals surface area contributed by atoms with Crippen LogP contribution in [-0.4, -0.2) is 11.2 Å². The minimum Gasteiger partial charge on any atom is -0.393 e. The molecule has 0 aromatic rings. The van der Waals surface area contributed by atoms with E-state index in [9.17, 15) is 5.11 Å². The molecule has 46 valence electrons. The Kier molecular flexibility index (Phi) is 0.762. The predicted molar refractivity (Wildman–Crippen MR) is 31.4 cm³/mol. The molecule has 0 aromatic carbocycles. The van der Waals surface area contributed by atoms with E-state index in [2.05, 4.69) is 6.92 Å². The lowest BCUT2D eigenvalue weighted by atomic mass is 10.1. The molecule has 0 bridgehead atoms. The molecule has 0 radical (unpaired) electrons. The molecule has 1 N–H and O–H groups in total. The lowest BCUT2D eigenvalue weighted by Gasteiger charge is -2.04. The van der Waals surface area contributed by atoms with E-state index in [-0.39, 0.29) is 6.10 Å². The second-order valence-electron chi connectivity index (χ2n) is 3.34. The molecule has 0 aliphatic heterocycles. The molecule has 2 aliphatic rings. The molecule has 1 nitrogen and oxygen atoms in total. The van der Waals surface area contributed by atoms with Gasteiger partial charge in [-0.25, -0.2) is 0 Å². The van der Waals surface area contributed by atoms with E-state index < -0.39 is 0 Å². The van der Waals surface area contributed by atoms with Crippen LogP contribution in [0.2, 0.25) is 0 Å². The minimum atomic E-state index is 0.0648. The summed E-state index contributed by atoms with van der Waals surface area (Å²) < 4.78 is 0. The molecule has 0 saturated heterocycles. The highest BCUT2D eigenvalue weighted by molar-refractivity contribution is 5.01. The highest BCUT2D eigenvalue weighted by atomic mass is 16.3. The van der Waals surface area contributed by atoms with E-state index in [4.69, 9.17) is 0 Å². The topological polar surface area (TPSA) is 20.2 Å². The Labute approximate surface area is 49.7 Å². The van der Waals surface area contributed by atoms with Crippen LogP contribution in [0.25, 0.3) is 0 Å². The Balaban J connectivity index is 2.09. The summed E-state index contributed by atoms with van der Waals surface area (Å²) in [6.07, 6.45) is 2.44. The number of fused-ring (bicyclic) bond motifs is 1. The Hall–Kier alpha value is -0.0400. The summed E-state index contributed by atoms with van der Waals surface area (Å²) in [6.45, 7) is 2.25. The van der Waals surface area contributed by atoms with Crippen molar-refractivity contribution in [2.24, 2.45) is 17.8 Å². The van der Waals surface area contributed by atoms with Crippen molar-refractivity contribution in [2.45, 2.75) is 25.9 Å². The average Bonchev–Trinajstić information content (AvgIpc) is 2.35. The molecule has 2 fully saturated rings. The zero-order valence-electron chi connectivity index (χ0n) is 5.17. The summed E-state index contributed by atoms with van der Waals surface area (Å²) in [5.74, 6) is 2.44. The first-order valence-corrected chi connectivity index (χ1v) is 3.47. The van der Waals surface area contributed by atoms with Gasteiger partial charge < -0.3 is 5.11 Å². The fraction of sp³-hybridized carbons (Fsp3) is 1.00. The van der Waals surface area contributed by atoms with E-state index in [1.54, 1.807) is 0 Å². The first kappa shape index (κ1) is 4.80. The second-order valence-corrected chi connectivity index (χ2v) is 3.34. The quantitative estimate of drug-likeness (QED) is 0.496. The van der Waals surface area contributed by atoms with Crippen molar-refractivity contribution < 1.29 is 5.11 Å². The van der Waals surface area contributed by atoms with Crippen molar-refractivity contribution in [1.29, 1.82) is 0 Å². The zero-order chi connectivity index (χ0) is 5.72. The number of aliphatic hydroxyl groups excluding tert-OH is 1. The van der Waals surface area contributed by atoms with Gasteiger partial charge in [0.05, 0.1) is 6.10 Å². The van der Waals surface area contributed by atoms with Crippen LogP contribution in [-0.2, 0) is 0 Å². The molecule has 0 amide bonds. The van der Waals surface area contributed by atoms with Gasteiger partial charge in [-0.15, -0.1) is 0 Å². The number of rotatable bonds is 0. The smallest absolute Gasteiger partial charge is 0.0573 e. The molecule has 0 aromatic heterocycles. The molecule has 0 unspecified atom stereocenters. The van der Waals surface area contributed by atoms with Gasteiger partial charge in [0.1, 0.15) is 0 Å². The van der Waals surface area contributed by atoms with Crippen LogP contribution in [0.3, 0.4) is 0 Å². The number of aliphatic hydroxyl groups is 1. The highest BCUT2D eigenvalue weighted by Gasteiger charge is 2.51. The molecular formula is C7H12O. The molecule has 0 heterocycles. The van der Waals surface area contributed by atoms with Gasteiger partial charge in [-0.05, 0) is 30.6 Å². The second kappa shape index (κ2) is 1.27. The van der Waals surface area contributed by atoms with Gasteiger partial charge >= 0.3 is 0 Å². The van der Waals surface area contributed by atoms with Gasteiger partial charge in [0.15, 0.2) is 0 Å². The molecule has 4 atom stereocenters. The summed E-state index contributed by atoms with van der Waals surface area (Å²) in [7, 11) is 0. The van der Waals surface area contributed by atoms with Gasteiger partial charge in [-0.3, -0.25) is 0 Å². The van der Waals surface area contributed by atoms with E-state index in [0.717, 1.165) is 18.3 Å². The Morgan fingerprint density at radius 2 is 2.00 bits per heavy atom. The van der Waals surface area contributed by atoms with Crippen LogP contribution in [0, 0.1) is 17.8 Å². The normalized spacial score (nSPS) is 60.8. The largest absolute Gasteiger partial charge is 0.393 e. The monoisotopic (exact) mass is 112 g/mol. The van der Waals surface area contributed by atoms with Crippen LogP contribution in [0.4, 0.5) is 0 Å². The van der Waals surface area contributed by atoms with E-state index in [1.165, 1.54) is 6.42 Å². The molecule has 0 spiro atoms. The third-order valence-electron chi connectivity index (χ3n) is 2.73. The maximum absolute atomic E-state index is 9.21. The van der Waals surface area contributed by atoms with Crippen molar-refractivity contribution in [2.75, 3.05) is 0 Å². The standard InChI is InChI=1S/C7H12O/c1-4-2-7(8)6-3-5(4)6/h4-8H,2-3H2,1H3/t4-,5-,6-,7+/m0/s1. The molecule has 2 saturated carbocycles. The van der Waals surface area contributed by atoms with Crippen molar-refractivity contribution in [3.63, 3.8) is 0 Å². The van der Waals surface area contributed by atoms with E-state index in [0.29, 0.717) is 5.92 Å². The summed E-state index contributed by atoms with van der Waals surface area (Å²) in [5.41, 5.74) is 0. The summed E-state index contributed by atoms with van der Waals surface area (Å²) in [6, 6.07) is 0. The Morgan fingerprint density at radius 3 is 2.12 bits per heavy atom. The Bertz CT molecular complexity index is 95.0. The third-order valence-corrected chi connectivity index (χ3v) is 2.73. The van der Waals surface area contributed by atoms with Crippen LogP contribution in [0.1, 0.15) is 19.8 Å². The zero-order valence-corrected chi connectivity index (χ0v) is 5.17. The van der Waals surface area contributed by atoms with E-state index >= 15 is 0 Å². The first-order valence-electron chi connectivity index (χ1n) is 3.47. The minimum absolute atomic E-state index is 0.0648. The molecule has 2 aliphatic carbocycles. The van der Waals surface area contributed by atoms with Crippen molar-refractivity contribution >= 4 is 0 Å². The summed E-state index contributed by atoms with van der Waals surface area (Å²) >= 11 is 0. The van der Waals surface area contributed by atoms with Crippen molar-refractivity contribution in [1.82, 2.24) is 0 Å². The predicted octanol–water partition coefficient (Wildman–Crippen LogP) is 1.02. The van der Waals surface area contributed by atoms with Gasteiger partial charge in [0, 0.05) is 0 Å². The van der Waals surface area contributed by atoms with Crippen LogP contribution < -0.4 is 0 Å². The maximum atomic E-state index is 9.21. The number of hydrogen-bond donors (Lipinski definition) is 1. The Morgan fingerprint density at radius 1 is 1.25 bits per heavy atom. The van der Waals surface area contributed by atoms with Crippen LogP contribution in [0.5, 0.6) is 0 Å². The SMILES string of the molecule is C[C@H]1C[C@@H](O)[C@H]2C[C@H]21. The van der Waals surface area contributed by atoms with Gasteiger partial charge in [-0.2, -0.15) is 0 Å². The lowest BCUT2D eigenvalue weighted by Crippen LogP contribution is -2.05. The first-order chi connectivity index (χ1) is 3.79. The van der Waals surface area contributed by atoms with Gasteiger partial charge in [0.2, 0.25) is 0 Å². The van der Waals surface area contributed by atoms with Gasteiger partial charge in [-0.1, -0.05) is 6.92 Å². The fourth-order valence-electron chi connectivity index (χ4n) is 2.06. The lowest BCUT2D eigenvalue weighted by molar-refractivity contribution is 0.153. The van der Waals surface area contributed by atoms with Gasteiger partial charge in [0.25, 0.3) is 0 Å². The highest BCUT2D eigenvalue weighted by Crippen LogP contribution is 2.54. The molecule has 8 heavy (non-hydrogen) atoms. The molecule has 1 heteroatoms.